The quantitative estimate of drug-likeness (QED) is 0.838. The fourth-order valence-electron chi connectivity index (χ4n) is 4.30. The Balaban J connectivity index is 0.00000161. The van der Waals surface area contributed by atoms with Crippen LogP contribution in [0, 0.1) is 23.2 Å². The predicted molar refractivity (Wildman–Crippen MR) is 85.3 cm³/mol. The molecule has 2 bridgehead atoms. The Hall–Kier alpha value is -0.320. The van der Waals surface area contributed by atoms with E-state index < -0.39 is 0 Å². The first-order valence-electron chi connectivity index (χ1n) is 8.18. The monoisotopic (exact) mass is 316 g/mol. The van der Waals surface area contributed by atoms with Crippen molar-refractivity contribution in [3.8, 4) is 0 Å². The minimum absolute atomic E-state index is 0. The summed E-state index contributed by atoms with van der Waals surface area (Å²) in [6.45, 7) is 4.55. The molecule has 3 aliphatic rings. The van der Waals surface area contributed by atoms with E-state index in [0.717, 1.165) is 39.0 Å². The lowest BCUT2D eigenvalue weighted by Gasteiger charge is -2.43. The zero-order chi connectivity index (χ0) is 14.2. The van der Waals surface area contributed by atoms with Crippen LogP contribution in [-0.4, -0.2) is 31.7 Å². The van der Waals surface area contributed by atoms with Crippen LogP contribution < -0.4 is 11.1 Å². The molecule has 2 saturated carbocycles. The molecule has 0 spiro atoms. The van der Waals surface area contributed by atoms with Crippen LogP contribution in [0.25, 0.3) is 0 Å². The lowest BCUT2D eigenvalue weighted by atomic mass is 9.65. The van der Waals surface area contributed by atoms with Gasteiger partial charge in [-0.05, 0) is 43.9 Å². The van der Waals surface area contributed by atoms with Gasteiger partial charge in [-0.3, -0.25) is 4.79 Å². The second-order valence-electron chi connectivity index (χ2n) is 7.53. The normalized spacial score (nSPS) is 42.2. The Morgan fingerprint density at radius 2 is 2.00 bits per heavy atom. The highest BCUT2D eigenvalue weighted by atomic mass is 35.5. The van der Waals surface area contributed by atoms with Crippen molar-refractivity contribution in [2.75, 3.05) is 19.8 Å². The van der Waals surface area contributed by atoms with E-state index in [-0.39, 0.29) is 29.6 Å². The summed E-state index contributed by atoms with van der Waals surface area (Å²) in [7, 11) is 0. The molecule has 1 amide bonds. The van der Waals surface area contributed by atoms with Crippen LogP contribution in [0.3, 0.4) is 0 Å². The SMILES string of the molecule is CC1(CNC(=O)C2CC3CCCC(C2)C3N)CCOC1.Cl. The molecule has 3 rings (SSSR count). The Morgan fingerprint density at radius 1 is 1.33 bits per heavy atom. The molecule has 1 aliphatic heterocycles. The summed E-state index contributed by atoms with van der Waals surface area (Å²) in [4.78, 5) is 12.4. The smallest absolute Gasteiger partial charge is 0.223 e. The number of amides is 1. The summed E-state index contributed by atoms with van der Waals surface area (Å²) in [5.74, 6) is 1.59. The summed E-state index contributed by atoms with van der Waals surface area (Å²) in [5.41, 5.74) is 6.43. The van der Waals surface area contributed by atoms with E-state index in [1.54, 1.807) is 0 Å². The van der Waals surface area contributed by atoms with Crippen LogP contribution in [0.1, 0.15) is 45.4 Å². The Labute approximate surface area is 134 Å². The number of nitrogens with one attached hydrogen (secondary N) is 1. The molecule has 3 unspecified atom stereocenters. The van der Waals surface area contributed by atoms with Crippen LogP contribution in [0.5, 0.6) is 0 Å². The van der Waals surface area contributed by atoms with Crippen molar-refractivity contribution >= 4 is 18.3 Å². The van der Waals surface area contributed by atoms with Gasteiger partial charge < -0.3 is 15.8 Å². The fraction of sp³-hybridized carbons (Fsp3) is 0.938. The minimum atomic E-state index is 0. The fourth-order valence-corrected chi connectivity index (χ4v) is 4.30. The van der Waals surface area contributed by atoms with Gasteiger partial charge in [0.25, 0.3) is 0 Å². The standard InChI is InChI=1S/C16H28N2O2.ClH/c1-16(5-6-20-10-16)9-18-15(19)13-7-11-3-2-4-12(8-13)14(11)17;/h11-14H,2-10,17H2,1H3,(H,18,19);1H. The molecule has 3 atom stereocenters. The third-order valence-corrected chi connectivity index (χ3v) is 5.77. The maximum atomic E-state index is 12.4. The van der Waals surface area contributed by atoms with Crippen LogP contribution >= 0.6 is 12.4 Å². The number of carbonyl (C=O) groups is 1. The summed E-state index contributed by atoms with van der Waals surface area (Å²) in [6.07, 6.45) is 6.77. The lowest BCUT2D eigenvalue weighted by molar-refractivity contribution is -0.128. The van der Waals surface area contributed by atoms with Gasteiger partial charge >= 0.3 is 0 Å². The predicted octanol–water partition coefficient (Wildman–Crippen LogP) is 2.10. The highest BCUT2D eigenvalue weighted by Crippen LogP contribution is 2.42. The Kier molecular flexibility index (Phi) is 5.55. The highest BCUT2D eigenvalue weighted by Gasteiger charge is 2.41. The summed E-state index contributed by atoms with van der Waals surface area (Å²) >= 11 is 0. The highest BCUT2D eigenvalue weighted by molar-refractivity contribution is 5.85. The van der Waals surface area contributed by atoms with Gasteiger partial charge in [-0.25, -0.2) is 0 Å². The van der Waals surface area contributed by atoms with Crippen molar-refractivity contribution in [2.24, 2.45) is 28.9 Å². The maximum absolute atomic E-state index is 12.4. The first-order valence-corrected chi connectivity index (χ1v) is 8.18. The van der Waals surface area contributed by atoms with E-state index in [2.05, 4.69) is 12.2 Å². The average molecular weight is 317 g/mol. The topological polar surface area (TPSA) is 64.4 Å². The second-order valence-corrected chi connectivity index (χ2v) is 7.53. The van der Waals surface area contributed by atoms with E-state index in [1.165, 1.54) is 19.3 Å². The first kappa shape index (κ1) is 17.0. The zero-order valence-electron chi connectivity index (χ0n) is 13.0. The molecular weight excluding hydrogens is 288 g/mol. The summed E-state index contributed by atoms with van der Waals surface area (Å²) < 4.78 is 5.44. The summed E-state index contributed by atoms with van der Waals surface area (Å²) in [6, 6.07) is 0.341. The van der Waals surface area contributed by atoms with Crippen LogP contribution in [0.15, 0.2) is 0 Å². The molecule has 4 nitrogen and oxygen atoms in total. The van der Waals surface area contributed by atoms with E-state index in [9.17, 15) is 4.79 Å². The number of hydrogen-bond donors (Lipinski definition) is 2. The Bertz CT molecular complexity index is 357. The molecule has 3 N–H and O–H groups in total. The van der Waals surface area contributed by atoms with E-state index in [0.29, 0.717) is 17.9 Å². The van der Waals surface area contributed by atoms with Gasteiger partial charge in [-0.2, -0.15) is 0 Å². The van der Waals surface area contributed by atoms with Crippen LogP contribution in [0.4, 0.5) is 0 Å². The Morgan fingerprint density at radius 3 is 2.57 bits per heavy atom. The van der Waals surface area contributed by atoms with Crippen molar-refractivity contribution in [1.29, 1.82) is 0 Å². The molecule has 122 valence electrons. The number of nitrogens with two attached hydrogens (primary N) is 1. The average Bonchev–Trinajstić information content (AvgIpc) is 2.83. The van der Waals surface area contributed by atoms with Crippen LogP contribution in [0.2, 0.25) is 0 Å². The van der Waals surface area contributed by atoms with Gasteiger partial charge in [0.05, 0.1) is 6.61 Å². The molecule has 3 fully saturated rings. The number of halogens is 1. The zero-order valence-corrected chi connectivity index (χ0v) is 13.8. The van der Waals surface area contributed by atoms with Gasteiger partial charge in [-0.1, -0.05) is 13.3 Å². The summed E-state index contributed by atoms with van der Waals surface area (Å²) in [5, 5.41) is 3.18. The number of carbonyl (C=O) groups excluding carboxylic acids is 1. The van der Waals surface area contributed by atoms with Crippen molar-refractivity contribution in [1.82, 2.24) is 5.32 Å². The number of hydrogen-bond acceptors (Lipinski definition) is 3. The van der Waals surface area contributed by atoms with Gasteiger partial charge in [0.15, 0.2) is 0 Å². The third-order valence-electron chi connectivity index (χ3n) is 5.77. The maximum Gasteiger partial charge on any atom is 0.223 e. The van der Waals surface area contributed by atoms with E-state index >= 15 is 0 Å². The lowest BCUT2D eigenvalue weighted by Crippen LogP contribution is -2.50. The minimum Gasteiger partial charge on any atom is -0.381 e. The largest absolute Gasteiger partial charge is 0.381 e. The molecule has 1 heterocycles. The number of fused-ring (bicyclic) bond motifs is 2. The van der Waals surface area contributed by atoms with Gasteiger partial charge in [-0.15, -0.1) is 12.4 Å². The molecule has 0 radical (unpaired) electrons. The van der Waals surface area contributed by atoms with Gasteiger partial charge in [0, 0.05) is 30.5 Å². The third kappa shape index (κ3) is 3.72. The van der Waals surface area contributed by atoms with Crippen molar-refractivity contribution in [2.45, 2.75) is 51.5 Å². The molecule has 1 saturated heterocycles. The van der Waals surface area contributed by atoms with E-state index in [4.69, 9.17) is 10.5 Å². The van der Waals surface area contributed by atoms with Crippen LogP contribution in [-0.2, 0) is 9.53 Å². The van der Waals surface area contributed by atoms with Gasteiger partial charge in [0.1, 0.15) is 0 Å². The first-order chi connectivity index (χ1) is 9.57. The van der Waals surface area contributed by atoms with Crippen molar-refractivity contribution in [3.63, 3.8) is 0 Å². The molecule has 5 heteroatoms. The van der Waals surface area contributed by atoms with Crippen molar-refractivity contribution < 1.29 is 9.53 Å². The molecule has 0 aromatic rings. The number of rotatable bonds is 3. The van der Waals surface area contributed by atoms with Gasteiger partial charge in [0.2, 0.25) is 5.91 Å². The molecule has 0 aromatic heterocycles. The molecule has 21 heavy (non-hydrogen) atoms. The molecular formula is C16H29ClN2O2. The van der Waals surface area contributed by atoms with E-state index in [1.807, 2.05) is 0 Å². The molecule has 0 aromatic carbocycles. The second kappa shape index (κ2) is 6.84. The van der Waals surface area contributed by atoms with Crippen molar-refractivity contribution in [3.05, 3.63) is 0 Å². The number of ether oxygens (including phenoxy) is 1. The molecule has 2 aliphatic carbocycles.